The van der Waals surface area contributed by atoms with Gasteiger partial charge in [0, 0.05) is 31.3 Å². The van der Waals surface area contributed by atoms with Crippen LogP contribution in [0.4, 0.5) is 17.2 Å². The Morgan fingerprint density at radius 1 is 1.43 bits per heavy atom. The Kier molecular flexibility index (Phi) is 4.17. The Hall–Kier alpha value is -2.90. The fraction of sp³-hybridized carbons (Fsp3) is 0.231. The van der Waals surface area contributed by atoms with Crippen LogP contribution in [0.1, 0.15) is 17.3 Å². The molecule has 0 saturated heterocycles. The number of nitrogens with one attached hydrogen (secondary N) is 2. The van der Waals surface area contributed by atoms with Gasteiger partial charge in [0.2, 0.25) is 0 Å². The first-order valence-electron chi connectivity index (χ1n) is 6.34. The molecule has 2 N–H and O–H groups in total. The molecule has 0 radical (unpaired) electrons. The minimum absolute atomic E-state index is 0.0612. The average molecular weight is 289 g/mol. The summed E-state index contributed by atoms with van der Waals surface area (Å²) in [6.45, 7) is 2.35. The van der Waals surface area contributed by atoms with Gasteiger partial charge < -0.3 is 10.6 Å². The van der Waals surface area contributed by atoms with E-state index < -0.39 is 4.92 Å². The van der Waals surface area contributed by atoms with Crippen LogP contribution in [0, 0.1) is 10.1 Å². The predicted octanol–water partition coefficient (Wildman–Crippen LogP) is 2.01. The lowest BCUT2D eigenvalue weighted by Crippen LogP contribution is -2.15. The fourth-order valence-electron chi connectivity index (χ4n) is 1.85. The van der Waals surface area contributed by atoms with Gasteiger partial charge in [-0.25, -0.2) is 0 Å². The summed E-state index contributed by atoms with van der Waals surface area (Å²) in [4.78, 5) is 22.6. The summed E-state index contributed by atoms with van der Waals surface area (Å²) in [6.07, 6.45) is 1.56. The number of nitro groups is 1. The van der Waals surface area contributed by atoms with Crippen LogP contribution in [0.5, 0.6) is 0 Å². The SMILES string of the molecule is CCNc1cc(C(=O)Nc2ccnn2C)ccc1[N+](=O)[O-]. The first-order valence-corrected chi connectivity index (χ1v) is 6.34. The number of carbonyl (C=O) groups is 1. The lowest BCUT2D eigenvalue weighted by atomic mass is 10.1. The molecule has 0 atom stereocenters. The van der Waals surface area contributed by atoms with Crippen LogP contribution in [0.2, 0.25) is 0 Å². The molecule has 8 heteroatoms. The summed E-state index contributed by atoms with van der Waals surface area (Å²) in [7, 11) is 1.70. The van der Waals surface area contributed by atoms with Gasteiger partial charge in [0.1, 0.15) is 11.5 Å². The molecule has 0 aliphatic heterocycles. The van der Waals surface area contributed by atoms with Crippen molar-refractivity contribution >= 4 is 23.1 Å². The Morgan fingerprint density at radius 2 is 2.19 bits per heavy atom. The number of aryl methyl sites for hydroxylation is 1. The maximum absolute atomic E-state index is 12.2. The Morgan fingerprint density at radius 3 is 2.76 bits per heavy atom. The molecule has 2 aromatic rings. The number of carbonyl (C=O) groups excluding carboxylic acids is 1. The van der Waals surface area contributed by atoms with Crippen molar-refractivity contribution in [2.45, 2.75) is 6.92 Å². The summed E-state index contributed by atoms with van der Waals surface area (Å²) in [5.41, 5.74) is 0.590. The molecule has 8 nitrogen and oxygen atoms in total. The third-order valence-corrected chi connectivity index (χ3v) is 2.89. The van der Waals surface area contributed by atoms with E-state index in [1.54, 1.807) is 19.3 Å². The van der Waals surface area contributed by atoms with Crippen molar-refractivity contribution < 1.29 is 9.72 Å². The van der Waals surface area contributed by atoms with Crippen molar-refractivity contribution in [3.05, 3.63) is 46.1 Å². The summed E-state index contributed by atoms with van der Waals surface area (Å²) in [5, 5.41) is 20.5. The van der Waals surface area contributed by atoms with Gasteiger partial charge in [0.05, 0.1) is 11.1 Å². The van der Waals surface area contributed by atoms with Gasteiger partial charge in [-0.05, 0) is 19.1 Å². The van der Waals surface area contributed by atoms with E-state index in [-0.39, 0.29) is 11.6 Å². The van der Waals surface area contributed by atoms with Gasteiger partial charge in [0.15, 0.2) is 0 Å². The van der Waals surface area contributed by atoms with Crippen LogP contribution in [0.15, 0.2) is 30.5 Å². The quantitative estimate of drug-likeness (QED) is 0.647. The van der Waals surface area contributed by atoms with Gasteiger partial charge in [-0.15, -0.1) is 0 Å². The number of rotatable bonds is 5. The molecular formula is C13H15N5O3. The second-order valence-corrected chi connectivity index (χ2v) is 4.31. The number of hydrogen-bond acceptors (Lipinski definition) is 5. The van der Waals surface area contributed by atoms with E-state index in [2.05, 4.69) is 15.7 Å². The van der Waals surface area contributed by atoms with Crippen LogP contribution in [0.3, 0.4) is 0 Å². The van der Waals surface area contributed by atoms with Crippen molar-refractivity contribution in [3.8, 4) is 0 Å². The number of nitro benzene ring substituents is 1. The van der Waals surface area contributed by atoms with Crippen molar-refractivity contribution in [3.63, 3.8) is 0 Å². The van der Waals surface area contributed by atoms with E-state index in [1.165, 1.54) is 22.9 Å². The highest BCUT2D eigenvalue weighted by atomic mass is 16.6. The monoisotopic (exact) mass is 289 g/mol. The summed E-state index contributed by atoms with van der Waals surface area (Å²) in [5.74, 6) is 0.191. The predicted molar refractivity (Wildman–Crippen MR) is 78.4 cm³/mol. The molecule has 21 heavy (non-hydrogen) atoms. The number of nitrogens with zero attached hydrogens (tertiary/aromatic N) is 3. The molecule has 1 heterocycles. The third kappa shape index (κ3) is 3.16. The molecule has 0 fully saturated rings. The molecule has 0 spiro atoms. The van der Waals surface area contributed by atoms with Crippen molar-refractivity contribution in [1.29, 1.82) is 0 Å². The van der Waals surface area contributed by atoms with Crippen LogP contribution >= 0.6 is 0 Å². The maximum Gasteiger partial charge on any atom is 0.292 e. The van der Waals surface area contributed by atoms with Crippen molar-refractivity contribution in [2.75, 3.05) is 17.2 Å². The Bertz CT molecular complexity index is 680. The minimum atomic E-state index is -0.485. The van der Waals surface area contributed by atoms with Gasteiger partial charge in [0.25, 0.3) is 11.6 Å². The number of amides is 1. The zero-order valence-electron chi connectivity index (χ0n) is 11.7. The normalized spacial score (nSPS) is 10.2. The van der Waals surface area contributed by atoms with Gasteiger partial charge >= 0.3 is 0 Å². The molecule has 110 valence electrons. The lowest BCUT2D eigenvalue weighted by molar-refractivity contribution is -0.384. The summed E-state index contributed by atoms with van der Waals surface area (Å²) >= 11 is 0. The summed E-state index contributed by atoms with van der Waals surface area (Å²) in [6, 6.07) is 5.86. The number of anilines is 2. The first kappa shape index (κ1) is 14.5. The number of aromatic nitrogens is 2. The highest BCUT2D eigenvalue weighted by Gasteiger charge is 2.16. The van der Waals surface area contributed by atoms with Crippen LogP contribution in [-0.4, -0.2) is 27.2 Å². The largest absolute Gasteiger partial charge is 0.380 e. The molecule has 1 aromatic carbocycles. The minimum Gasteiger partial charge on any atom is -0.380 e. The zero-order chi connectivity index (χ0) is 15.4. The smallest absolute Gasteiger partial charge is 0.292 e. The summed E-state index contributed by atoms with van der Waals surface area (Å²) < 4.78 is 1.52. The second-order valence-electron chi connectivity index (χ2n) is 4.31. The van der Waals surface area contributed by atoms with Crippen LogP contribution in [0.25, 0.3) is 0 Å². The van der Waals surface area contributed by atoms with E-state index in [1.807, 2.05) is 6.92 Å². The molecule has 0 bridgehead atoms. The second kappa shape index (κ2) is 6.04. The first-order chi connectivity index (χ1) is 10.0. The van der Waals surface area contributed by atoms with Gasteiger partial charge in [-0.2, -0.15) is 5.10 Å². The molecular weight excluding hydrogens is 274 g/mol. The molecule has 1 amide bonds. The molecule has 1 aromatic heterocycles. The fourth-order valence-corrected chi connectivity index (χ4v) is 1.85. The van der Waals surface area contributed by atoms with E-state index in [0.29, 0.717) is 23.6 Å². The number of benzene rings is 1. The van der Waals surface area contributed by atoms with Gasteiger partial charge in [-0.3, -0.25) is 19.6 Å². The molecule has 2 rings (SSSR count). The third-order valence-electron chi connectivity index (χ3n) is 2.89. The van der Waals surface area contributed by atoms with Crippen molar-refractivity contribution in [1.82, 2.24) is 9.78 Å². The van der Waals surface area contributed by atoms with Gasteiger partial charge in [-0.1, -0.05) is 0 Å². The van der Waals surface area contributed by atoms with Crippen LogP contribution < -0.4 is 10.6 Å². The van der Waals surface area contributed by atoms with E-state index in [0.717, 1.165) is 0 Å². The maximum atomic E-state index is 12.2. The number of hydrogen-bond donors (Lipinski definition) is 2. The molecule has 0 unspecified atom stereocenters. The standard InChI is InChI=1S/C13H15N5O3/c1-3-14-10-8-9(4-5-11(10)18(20)21)13(19)16-12-6-7-15-17(12)2/h4-8,14H,3H2,1-2H3,(H,16,19). The Balaban J connectivity index is 2.27. The molecule has 0 aliphatic carbocycles. The van der Waals surface area contributed by atoms with E-state index in [9.17, 15) is 14.9 Å². The molecule has 0 saturated carbocycles. The molecule has 0 aliphatic rings. The van der Waals surface area contributed by atoms with E-state index >= 15 is 0 Å². The Labute approximate surface area is 120 Å². The highest BCUT2D eigenvalue weighted by Crippen LogP contribution is 2.25. The zero-order valence-corrected chi connectivity index (χ0v) is 11.7. The highest BCUT2D eigenvalue weighted by molar-refractivity contribution is 6.04. The topological polar surface area (TPSA) is 102 Å². The van der Waals surface area contributed by atoms with Crippen molar-refractivity contribution in [2.24, 2.45) is 7.05 Å². The van der Waals surface area contributed by atoms with E-state index in [4.69, 9.17) is 0 Å². The lowest BCUT2D eigenvalue weighted by Gasteiger charge is -2.08. The van der Waals surface area contributed by atoms with Crippen LogP contribution in [-0.2, 0) is 7.05 Å². The average Bonchev–Trinajstić information content (AvgIpc) is 2.84.